The molecule has 27 heavy (non-hydrogen) atoms. The van der Waals surface area contributed by atoms with Crippen molar-refractivity contribution in [1.29, 1.82) is 0 Å². The van der Waals surface area contributed by atoms with Crippen molar-refractivity contribution in [2.24, 2.45) is 11.8 Å². The molecule has 0 heterocycles. The van der Waals surface area contributed by atoms with Crippen LogP contribution in [-0.2, 0) is 16.1 Å². The van der Waals surface area contributed by atoms with Crippen LogP contribution in [-0.4, -0.2) is 22.8 Å². The Kier molecular flexibility index (Phi) is 5.85. The molecule has 3 rings (SSSR count). The molecular weight excluding hydrogens is 360 g/mol. The van der Waals surface area contributed by atoms with Gasteiger partial charge in [-0.2, -0.15) is 0 Å². The smallest absolute Gasteiger partial charge is 0.228 e. The number of anilines is 1. The van der Waals surface area contributed by atoms with Crippen LogP contribution in [0.5, 0.6) is 0 Å². The second-order valence-corrected chi connectivity index (χ2v) is 7.80. The number of rotatable bonds is 6. The third-order valence-electron chi connectivity index (χ3n) is 5.07. The molecule has 2 atom stereocenters. The molecule has 2 unspecified atom stereocenters. The molecule has 1 N–H and O–H groups in total. The van der Waals surface area contributed by atoms with Crippen LogP contribution in [0.3, 0.4) is 0 Å². The lowest BCUT2D eigenvalue weighted by Gasteiger charge is -2.27. The molecule has 1 saturated carbocycles. The Morgan fingerprint density at radius 3 is 2.48 bits per heavy atom. The molecule has 5 heteroatoms. The molecular formula is C22H25ClN2O2. The van der Waals surface area contributed by atoms with Crippen LogP contribution < -0.4 is 5.32 Å². The Bertz CT molecular complexity index is 835. The summed E-state index contributed by atoms with van der Waals surface area (Å²) in [5.74, 6) is -0.567. The number of benzene rings is 2. The van der Waals surface area contributed by atoms with E-state index in [1.54, 1.807) is 12.1 Å². The highest BCUT2D eigenvalue weighted by Crippen LogP contribution is 2.41. The van der Waals surface area contributed by atoms with Crippen molar-refractivity contribution in [3.05, 3.63) is 64.7 Å². The van der Waals surface area contributed by atoms with Crippen LogP contribution in [0.4, 0.5) is 5.69 Å². The molecule has 0 spiro atoms. The Labute approximate surface area is 165 Å². The second kappa shape index (κ2) is 8.13. The maximum Gasteiger partial charge on any atom is 0.228 e. The molecule has 2 amide bonds. The molecule has 4 nitrogen and oxygen atoms in total. The SMILES string of the molecule is Cc1c(Cl)cccc1NC(=O)C1CC1C(=O)N(Cc1ccccc1)C(C)C. The monoisotopic (exact) mass is 384 g/mol. The molecule has 0 saturated heterocycles. The summed E-state index contributed by atoms with van der Waals surface area (Å²) in [5, 5.41) is 3.54. The standard InChI is InChI=1S/C22H25ClN2O2/c1-14(2)25(13-16-8-5-4-6-9-16)22(27)18-12-17(18)21(26)24-20-11-7-10-19(23)15(20)3/h4-11,14,17-18H,12-13H2,1-3H3,(H,24,26). The van der Waals surface area contributed by atoms with Crippen LogP contribution in [0.1, 0.15) is 31.4 Å². The predicted molar refractivity (Wildman–Crippen MR) is 109 cm³/mol. The minimum Gasteiger partial charge on any atom is -0.336 e. The summed E-state index contributed by atoms with van der Waals surface area (Å²) < 4.78 is 0. The number of nitrogens with one attached hydrogen (secondary N) is 1. The van der Waals surface area contributed by atoms with E-state index in [1.807, 2.05) is 62.1 Å². The molecule has 1 aliphatic carbocycles. The van der Waals surface area contributed by atoms with E-state index in [4.69, 9.17) is 11.6 Å². The summed E-state index contributed by atoms with van der Waals surface area (Å²) in [5.41, 5.74) is 2.63. The molecule has 1 fully saturated rings. The van der Waals surface area contributed by atoms with E-state index in [0.717, 1.165) is 11.1 Å². The zero-order valence-electron chi connectivity index (χ0n) is 15.9. The van der Waals surface area contributed by atoms with Crippen LogP contribution in [0.2, 0.25) is 5.02 Å². The normalized spacial score (nSPS) is 18.3. The third kappa shape index (κ3) is 4.51. The third-order valence-corrected chi connectivity index (χ3v) is 5.48. The highest BCUT2D eigenvalue weighted by Gasteiger charge is 2.49. The largest absolute Gasteiger partial charge is 0.336 e. The fraction of sp³-hybridized carbons (Fsp3) is 0.364. The summed E-state index contributed by atoms with van der Waals surface area (Å²) >= 11 is 6.11. The summed E-state index contributed by atoms with van der Waals surface area (Å²) in [4.78, 5) is 27.4. The number of carbonyl (C=O) groups excluding carboxylic acids is 2. The number of hydrogen-bond acceptors (Lipinski definition) is 2. The van der Waals surface area contributed by atoms with Gasteiger partial charge in [-0.1, -0.05) is 48.0 Å². The molecule has 142 valence electrons. The van der Waals surface area contributed by atoms with Crippen LogP contribution in [0.25, 0.3) is 0 Å². The van der Waals surface area contributed by atoms with Gasteiger partial charge < -0.3 is 10.2 Å². The van der Waals surface area contributed by atoms with Crippen molar-refractivity contribution in [3.63, 3.8) is 0 Å². The van der Waals surface area contributed by atoms with Gasteiger partial charge in [0.05, 0.1) is 11.8 Å². The van der Waals surface area contributed by atoms with Crippen molar-refractivity contribution in [2.75, 3.05) is 5.32 Å². The summed E-state index contributed by atoms with van der Waals surface area (Å²) in [6.45, 7) is 6.45. The van der Waals surface area contributed by atoms with E-state index in [2.05, 4.69) is 5.32 Å². The quantitative estimate of drug-likeness (QED) is 0.787. The number of hydrogen-bond donors (Lipinski definition) is 1. The van der Waals surface area contributed by atoms with Crippen LogP contribution in [0.15, 0.2) is 48.5 Å². The van der Waals surface area contributed by atoms with E-state index < -0.39 is 0 Å². The minimum absolute atomic E-state index is 0.0526. The van der Waals surface area contributed by atoms with E-state index >= 15 is 0 Å². The lowest BCUT2D eigenvalue weighted by Crippen LogP contribution is -2.38. The lowest BCUT2D eigenvalue weighted by molar-refractivity contribution is -0.136. The Hall–Kier alpha value is -2.33. The first-order valence-corrected chi connectivity index (χ1v) is 9.66. The molecule has 2 aromatic rings. The topological polar surface area (TPSA) is 49.4 Å². The van der Waals surface area contributed by atoms with Crippen molar-refractivity contribution in [1.82, 2.24) is 4.90 Å². The van der Waals surface area contributed by atoms with Crippen LogP contribution in [0, 0.1) is 18.8 Å². The van der Waals surface area contributed by atoms with Gasteiger partial charge >= 0.3 is 0 Å². The van der Waals surface area contributed by atoms with Gasteiger partial charge in [-0.05, 0) is 50.5 Å². The zero-order valence-corrected chi connectivity index (χ0v) is 16.7. The first-order chi connectivity index (χ1) is 12.9. The molecule has 2 aromatic carbocycles. The minimum atomic E-state index is -0.270. The van der Waals surface area contributed by atoms with Gasteiger partial charge in [-0.15, -0.1) is 0 Å². The summed E-state index contributed by atoms with van der Waals surface area (Å²) in [6, 6.07) is 15.4. The first kappa shape index (κ1) is 19.4. The maximum absolute atomic E-state index is 13.0. The Balaban J connectivity index is 1.64. The summed E-state index contributed by atoms with van der Waals surface area (Å²) in [7, 11) is 0. The van der Waals surface area contributed by atoms with E-state index in [9.17, 15) is 9.59 Å². The van der Waals surface area contributed by atoms with Gasteiger partial charge in [-0.25, -0.2) is 0 Å². The number of amides is 2. The van der Waals surface area contributed by atoms with Crippen molar-refractivity contribution >= 4 is 29.1 Å². The highest BCUT2D eigenvalue weighted by atomic mass is 35.5. The van der Waals surface area contributed by atoms with E-state index in [-0.39, 0.29) is 29.7 Å². The lowest BCUT2D eigenvalue weighted by atomic mass is 10.1. The second-order valence-electron chi connectivity index (χ2n) is 7.40. The molecule has 0 bridgehead atoms. The fourth-order valence-electron chi connectivity index (χ4n) is 3.23. The number of nitrogens with zero attached hydrogens (tertiary/aromatic N) is 1. The van der Waals surface area contributed by atoms with Gasteiger partial charge in [0.1, 0.15) is 0 Å². The van der Waals surface area contributed by atoms with Crippen molar-refractivity contribution < 1.29 is 9.59 Å². The number of halogens is 1. The molecule has 0 radical (unpaired) electrons. The summed E-state index contributed by atoms with van der Waals surface area (Å²) in [6.07, 6.45) is 0.599. The van der Waals surface area contributed by atoms with Gasteiger partial charge in [0, 0.05) is 23.3 Å². The van der Waals surface area contributed by atoms with Gasteiger partial charge in [0.2, 0.25) is 11.8 Å². The predicted octanol–water partition coefficient (Wildman–Crippen LogP) is 4.66. The number of carbonyl (C=O) groups is 2. The maximum atomic E-state index is 13.0. The van der Waals surface area contributed by atoms with Gasteiger partial charge in [0.25, 0.3) is 0 Å². The van der Waals surface area contributed by atoms with Crippen molar-refractivity contribution in [3.8, 4) is 0 Å². The molecule has 1 aliphatic rings. The van der Waals surface area contributed by atoms with E-state index in [0.29, 0.717) is 23.7 Å². The zero-order chi connectivity index (χ0) is 19.6. The average molecular weight is 385 g/mol. The highest BCUT2D eigenvalue weighted by molar-refractivity contribution is 6.31. The Morgan fingerprint density at radius 1 is 1.11 bits per heavy atom. The average Bonchev–Trinajstić information content (AvgIpc) is 3.44. The molecule has 0 aliphatic heterocycles. The first-order valence-electron chi connectivity index (χ1n) is 9.29. The van der Waals surface area contributed by atoms with Crippen LogP contribution >= 0.6 is 11.6 Å². The Morgan fingerprint density at radius 2 is 1.81 bits per heavy atom. The van der Waals surface area contributed by atoms with Gasteiger partial charge in [-0.3, -0.25) is 9.59 Å². The molecule has 0 aromatic heterocycles. The van der Waals surface area contributed by atoms with Gasteiger partial charge in [0.15, 0.2) is 0 Å². The van der Waals surface area contributed by atoms with Crippen molar-refractivity contribution in [2.45, 2.75) is 39.8 Å². The van der Waals surface area contributed by atoms with E-state index in [1.165, 1.54) is 0 Å². The fourth-order valence-corrected chi connectivity index (χ4v) is 3.41.